The molecule has 0 spiro atoms. The van der Waals surface area contributed by atoms with Crippen LogP contribution in [0.15, 0.2) is 24.5 Å². The number of hydrogen-bond acceptors (Lipinski definition) is 3. The number of aryl methyl sites for hydroxylation is 1. The summed E-state index contributed by atoms with van der Waals surface area (Å²) in [5.74, 6) is 0.977. The number of nitrogens with zero attached hydrogens (tertiary/aromatic N) is 2. The summed E-state index contributed by atoms with van der Waals surface area (Å²) in [6, 6.07) is 4.27. The van der Waals surface area contributed by atoms with Gasteiger partial charge >= 0.3 is 0 Å². The predicted molar refractivity (Wildman–Crippen MR) is 81.7 cm³/mol. The highest BCUT2D eigenvalue weighted by Crippen LogP contribution is 2.16. The summed E-state index contributed by atoms with van der Waals surface area (Å²) < 4.78 is 0. The summed E-state index contributed by atoms with van der Waals surface area (Å²) in [7, 11) is 0. The zero-order valence-electron chi connectivity index (χ0n) is 12.0. The van der Waals surface area contributed by atoms with Gasteiger partial charge in [0.2, 0.25) is 0 Å². The van der Waals surface area contributed by atoms with Gasteiger partial charge in [0.25, 0.3) is 0 Å². The third-order valence-electron chi connectivity index (χ3n) is 3.34. The summed E-state index contributed by atoms with van der Waals surface area (Å²) >= 11 is 6.16. The van der Waals surface area contributed by atoms with Gasteiger partial charge in [-0.2, -0.15) is 0 Å². The van der Waals surface area contributed by atoms with Crippen molar-refractivity contribution in [3.63, 3.8) is 0 Å². The predicted octanol–water partition coefficient (Wildman–Crippen LogP) is 3.65. The molecule has 108 valence electrons. The number of halogens is 1. The maximum atomic E-state index is 6.16. The molecule has 5 heteroatoms. The first-order chi connectivity index (χ1) is 9.70. The topological polar surface area (TPSA) is 53.6 Å². The minimum atomic E-state index is 0.247. The molecule has 0 radical (unpaired) electrons. The molecule has 0 saturated heterocycles. The average Bonchev–Trinajstić information content (AvgIpc) is 2.83. The van der Waals surface area contributed by atoms with Gasteiger partial charge in [-0.1, -0.05) is 24.9 Å². The molecule has 0 amide bonds. The summed E-state index contributed by atoms with van der Waals surface area (Å²) in [5, 5.41) is 4.02. The molecule has 0 saturated carbocycles. The Labute approximate surface area is 125 Å². The van der Waals surface area contributed by atoms with Gasteiger partial charge in [-0.15, -0.1) is 0 Å². The quantitative estimate of drug-likeness (QED) is 0.819. The van der Waals surface area contributed by atoms with Crippen LogP contribution in [0.2, 0.25) is 5.15 Å². The van der Waals surface area contributed by atoms with Crippen molar-refractivity contribution in [3.05, 3.63) is 46.8 Å². The molecule has 4 nitrogen and oxygen atoms in total. The van der Waals surface area contributed by atoms with Crippen molar-refractivity contribution < 1.29 is 0 Å². The van der Waals surface area contributed by atoms with Gasteiger partial charge in [-0.3, -0.25) is 4.98 Å². The van der Waals surface area contributed by atoms with Crippen molar-refractivity contribution in [2.45, 2.75) is 45.7 Å². The number of pyridine rings is 1. The van der Waals surface area contributed by atoms with Crippen molar-refractivity contribution in [1.82, 2.24) is 20.3 Å². The van der Waals surface area contributed by atoms with Crippen molar-refractivity contribution in [3.8, 4) is 0 Å². The fourth-order valence-electron chi connectivity index (χ4n) is 2.04. The second kappa shape index (κ2) is 7.41. The molecular formula is C15H21ClN4. The molecule has 0 unspecified atom stereocenters. The van der Waals surface area contributed by atoms with Crippen LogP contribution in [0.25, 0.3) is 0 Å². The zero-order chi connectivity index (χ0) is 14.4. The van der Waals surface area contributed by atoms with E-state index in [1.165, 1.54) is 5.56 Å². The third kappa shape index (κ3) is 4.05. The summed E-state index contributed by atoms with van der Waals surface area (Å²) in [4.78, 5) is 11.7. The van der Waals surface area contributed by atoms with Crippen LogP contribution < -0.4 is 5.32 Å². The van der Waals surface area contributed by atoms with Gasteiger partial charge < -0.3 is 10.3 Å². The molecule has 0 bridgehead atoms. The number of imidazole rings is 1. The smallest absolute Gasteiger partial charge is 0.151 e. The number of unbranched alkanes of at least 4 members (excludes halogenated alkanes) is 1. The Balaban J connectivity index is 1.92. The molecule has 0 aliphatic carbocycles. The van der Waals surface area contributed by atoms with E-state index in [1.807, 2.05) is 12.1 Å². The highest BCUT2D eigenvalue weighted by atomic mass is 35.5. The number of aromatic amines is 1. The SMILES string of the molecule is CCCCc1nc(Cl)c(CN[C@@H](C)c2ccncc2)[nH]1. The van der Waals surface area contributed by atoms with E-state index in [4.69, 9.17) is 11.6 Å². The first kappa shape index (κ1) is 15.0. The molecule has 2 heterocycles. The van der Waals surface area contributed by atoms with E-state index in [9.17, 15) is 0 Å². The molecule has 2 aromatic heterocycles. The van der Waals surface area contributed by atoms with Crippen LogP contribution in [0.4, 0.5) is 0 Å². The fourth-order valence-corrected chi connectivity index (χ4v) is 2.26. The van der Waals surface area contributed by atoms with Crippen LogP contribution in [0.5, 0.6) is 0 Å². The molecule has 2 N–H and O–H groups in total. The van der Waals surface area contributed by atoms with Crippen LogP contribution >= 0.6 is 11.6 Å². The van der Waals surface area contributed by atoms with Crippen LogP contribution in [0.3, 0.4) is 0 Å². The molecule has 2 rings (SSSR count). The second-order valence-electron chi connectivity index (χ2n) is 4.94. The van der Waals surface area contributed by atoms with E-state index in [0.717, 1.165) is 30.8 Å². The molecule has 1 atom stereocenters. The maximum absolute atomic E-state index is 6.16. The van der Waals surface area contributed by atoms with Crippen molar-refractivity contribution in [2.24, 2.45) is 0 Å². The monoisotopic (exact) mass is 292 g/mol. The van der Waals surface area contributed by atoms with Crippen LogP contribution in [0, 0.1) is 0 Å². The van der Waals surface area contributed by atoms with E-state index in [1.54, 1.807) is 12.4 Å². The normalized spacial score (nSPS) is 12.6. The Kier molecular flexibility index (Phi) is 5.56. The molecule has 0 aliphatic heterocycles. The molecule has 20 heavy (non-hydrogen) atoms. The lowest BCUT2D eigenvalue weighted by molar-refractivity contribution is 0.567. The number of rotatable bonds is 7. The minimum absolute atomic E-state index is 0.247. The summed E-state index contributed by atoms with van der Waals surface area (Å²) in [5.41, 5.74) is 2.17. The van der Waals surface area contributed by atoms with Crippen LogP contribution in [0.1, 0.15) is 49.8 Å². The van der Waals surface area contributed by atoms with Crippen LogP contribution in [-0.4, -0.2) is 15.0 Å². The highest BCUT2D eigenvalue weighted by Gasteiger charge is 2.10. The van der Waals surface area contributed by atoms with Crippen LogP contribution in [-0.2, 0) is 13.0 Å². The average molecular weight is 293 g/mol. The van der Waals surface area contributed by atoms with E-state index in [2.05, 4.69) is 34.1 Å². The van der Waals surface area contributed by atoms with Gasteiger partial charge in [-0.25, -0.2) is 4.98 Å². The molecule has 0 aliphatic rings. The minimum Gasteiger partial charge on any atom is -0.344 e. The van der Waals surface area contributed by atoms with Crippen molar-refractivity contribution in [1.29, 1.82) is 0 Å². The third-order valence-corrected chi connectivity index (χ3v) is 3.65. The van der Waals surface area contributed by atoms with Crippen molar-refractivity contribution >= 4 is 11.6 Å². The Morgan fingerprint density at radius 1 is 1.35 bits per heavy atom. The number of hydrogen-bond donors (Lipinski definition) is 2. The summed E-state index contributed by atoms with van der Waals surface area (Å²) in [6.45, 7) is 4.97. The van der Waals surface area contributed by atoms with Gasteiger partial charge in [0, 0.05) is 31.4 Å². The Morgan fingerprint density at radius 2 is 2.10 bits per heavy atom. The van der Waals surface area contributed by atoms with Gasteiger partial charge in [-0.05, 0) is 31.0 Å². The zero-order valence-corrected chi connectivity index (χ0v) is 12.7. The second-order valence-corrected chi connectivity index (χ2v) is 5.30. The molecule has 0 aromatic carbocycles. The maximum Gasteiger partial charge on any atom is 0.151 e. The first-order valence-electron chi connectivity index (χ1n) is 7.07. The number of H-pyrrole nitrogens is 1. The van der Waals surface area contributed by atoms with Gasteiger partial charge in [0.05, 0.1) is 5.69 Å². The van der Waals surface area contributed by atoms with E-state index in [0.29, 0.717) is 11.7 Å². The fraction of sp³-hybridized carbons (Fsp3) is 0.467. The molecular weight excluding hydrogens is 272 g/mol. The van der Waals surface area contributed by atoms with Gasteiger partial charge in [0.1, 0.15) is 5.82 Å². The van der Waals surface area contributed by atoms with Crippen molar-refractivity contribution in [2.75, 3.05) is 0 Å². The lowest BCUT2D eigenvalue weighted by Crippen LogP contribution is -2.18. The number of aromatic nitrogens is 3. The van der Waals surface area contributed by atoms with E-state index < -0.39 is 0 Å². The van der Waals surface area contributed by atoms with E-state index in [-0.39, 0.29) is 6.04 Å². The number of nitrogens with one attached hydrogen (secondary N) is 2. The highest BCUT2D eigenvalue weighted by molar-refractivity contribution is 6.30. The molecule has 0 fully saturated rings. The summed E-state index contributed by atoms with van der Waals surface area (Å²) in [6.07, 6.45) is 6.85. The standard InChI is InChI=1S/C15H21ClN4/c1-3-4-5-14-19-13(15(16)20-14)10-18-11(2)12-6-8-17-9-7-12/h6-9,11,18H,3-5,10H2,1-2H3,(H,19,20)/t11-/m0/s1. The molecule has 2 aromatic rings. The van der Waals surface area contributed by atoms with E-state index >= 15 is 0 Å². The first-order valence-corrected chi connectivity index (χ1v) is 7.45. The lowest BCUT2D eigenvalue weighted by Gasteiger charge is -2.13. The largest absolute Gasteiger partial charge is 0.344 e. The Hall–Kier alpha value is -1.39. The Bertz CT molecular complexity index is 524. The van der Waals surface area contributed by atoms with Gasteiger partial charge in [0.15, 0.2) is 5.15 Å². The Morgan fingerprint density at radius 3 is 2.80 bits per heavy atom. The lowest BCUT2D eigenvalue weighted by atomic mass is 10.1.